The maximum absolute atomic E-state index is 12.0. The highest BCUT2D eigenvalue weighted by Gasteiger charge is 2.16. The Morgan fingerprint density at radius 2 is 1.92 bits per heavy atom. The normalized spacial score (nSPS) is 12.1. The first kappa shape index (κ1) is 17.1. The van der Waals surface area contributed by atoms with E-state index in [-0.39, 0.29) is 29.7 Å². The molecule has 0 aromatic carbocycles. The summed E-state index contributed by atoms with van der Waals surface area (Å²) in [5.74, 6) is -1.75. The van der Waals surface area contributed by atoms with E-state index < -0.39 is 34.7 Å². The number of amides is 1. The first-order valence-corrected chi connectivity index (χ1v) is 6.95. The Hall–Kier alpha value is -3.24. The molecule has 0 bridgehead atoms. The zero-order valence-corrected chi connectivity index (χ0v) is 12.9. The smallest absolute Gasteiger partial charge is 0.329 e. The summed E-state index contributed by atoms with van der Waals surface area (Å²) in [7, 11) is 1.36. The van der Waals surface area contributed by atoms with Gasteiger partial charge in [-0.25, -0.2) is 9.78 Å². The predicted octanol–water partition coefficient (Wildman–Crippen LogP) is -2.17. The molecule has 2 heterocycles. The van der Waals surface area contributed by atoms with Crippen LogP contribution in [0.1, 0.15) is 19.0 Å². The number of carboxylic acid groups (broad SMARTS) is 1. The molecule has 2 aromatic rings. The minimum Gasteiger partial charge on any atom is -0.480 e. The standard InChI is InChI=1S/C13H15N5O6/c1-5(12(22)23)14-7(19)4-3-6-10(20)16-9-8(15-6)11(21)17-13(24)18(9)2/h5H,3-4H2,1-2H3,(H,14,19)(H,16,20)(H,22,23)(H,17,21,24). The first-order chi connectivity index (χ1) is 11.2. The lowest BCUT2D eigenvalue weighted by atomic mass is 10.2. The van der Waals surface area contributed by atoms with Crippen molar-refractivity contribution in [3.63, 3.8) is 0 Å². The molecular weight excluding hydrogens is 322 g/mol. The van der Waals surface area contributed by atoms with Gasteiger partial charge in [-0.3, -0.25) is 28.7 Å². The molecule has 0 aliphatic rings. The van der Waals surface area contributed by atoms with E-state index in [1.165, 1.54) is 14.0 Å². The van der Waals surface area contributed by atoms with E-state index in [0.29, 0.717) is 0 Å². The number of carbonyl (C=O) groups is 2. The highest BCUT2D eigenvalue weighted by atomic mass is 16.4. The number of aromatic nitrogens is 4. The van der Waals surface area contributed by atoms with Crippen molar-refractivity contribution in [1.82, 2.24) is 24.8 Å². The molecule has 128 valence electrons. The molecule has 0 aliphatic heterocycles. The number of fused-ring (bicyclic) bond motifs is 1. The number of hydrogen-bond acceptors (Lipinski definition) is 6. The molecular formula is C13H15N5O6. The molecule has 0 fully saturated rings. The van der Waals surface area contributed by atoms with Crippen LogP contribution in [0, 0.1) is 0 Å². The van der Waals surface area contributed by atoms with Crippen LogP contribution in [0.25, 0.3) is 11.2 Å². The molecule has 0 saturated heterocycles. The number of carbonyl (C=O) groups excluding carboxylic acids is 1. The monoisotopic (exact) mass is 337 g/mol. The fourth-order valence-corrected chi connectivity index (χ4v) is 2.00. The van der Waals surface area contributed by atoms with Crippen molar-refractivity contribution in [2.45, 2.75) is 25.8 Å². The Morgan fingerprint density at radius 3 is 2.54 bits per heavy atom. The molecule has 0 aliphatic carbocycles. The summed E-state index contributed by atoms with van der Waals surface area (Å²) in [5, 5.41) is 11.0. The summed E-state index contributed by atoms with van der Waals surface area (Å²) >= 11 is 0. The number of aliphatic carboxylic acids is 1. The number of aromatic amines is 2. The molecule has 24 heavy (non-hydrogen) atoms. The van der Waals surface area contributed by atoms with Crippen LogP contribution in [0.3, 0.4) is 0 Å². The third-order valence-corrected chi connectivity index (χ3v) is 3.38. The summed E-state index contributed by atoms with van der Waals surface area (Å²) in [4.78, 5) is 65.9. The number of nitrogens with zero attached hydrogens (tertiary/aromatic N) is 2. The lowest BCUT2D eigenvalue weighted by Crippen LogP contribution is -2.38. The number of hydrogen-bond donors (Lipinski definition) is 4. The van der Waals surface area contributed by atoms with E-state index in [1.54, 1.807) is 0 Å². The van der Waals surface area contributed by atoms with Crippen molar-refractivity contribution in [1.29, 1.82) is 0 Å². The Balaban J connectivity index is 2.28. The van der Waals surface area contributed by atoms with Crippen LogP contribution in [0.5, 0.6) is 0 Å². The van der Waals surface area contributed by atoms with Gasteiger partial charge in [-0.2, -0.15) is 0 Å². The molecule has 2 rings (SSSR count). The fraction of sp³-hybridized carbons (Fsp3) is 0.385. The molecule has 0 spiro atoms. The molecule has 0 saturated carbocycles. The van der Waals surface area contributed by atoms with E-state index in [2.05, 4.69) is 20.3 Å². The number of rotatable bonds is 5. The summed E-state index contributed by atoms with van der Waals surface area (Å²) in [6.45, 7) is 1.31. The van der Waals surface area contributed by atoms with Crippen LogP contribution >= 0.6 is 0 Å². The average Bonchev–Trinajstić information content (AvgIpc) is 2.51. The largest absolute Gasteiger partial charge is 0.480 e. The number of aryl methyl sites for hydroxylation is 2. The quantitative estimate of drug-likeness (QED) is 0.481. The second kappa shape index (κ2) is 6.48. The van der Waals surface area contributed by atoms with Gasteiger partial charge in [0.25, 0.3) is 11.1 Å². The molecule has 1 unspecified atom stereocenters. The van der Waals surface area contributed by atoms with Crippen molar-refractivity contribution in [2.24, 2.45) is 7.05 Å². The van der Waals surface area contributed by atoms with Crippen molar-refractivity contribution < 1.29 is 14.7 Å². The van der Waals surface area contributed by atoms with Crippen molar-refractivity contribution in [3.8, 4) is 0 Å². The van der Waals surface area contributed by atoms with Crippen LogP contribution in [0.4, 0.5) is 0 Å². The number of carboxylic acids is 1. The van der Waals surface area contributed by atoms with Gasteiger partial charge in [0.2, 0.25) is 5.91 Å². The zero-order chi connectivity index (χ0) is 18.0. The van der Waals surface area contributed by atoms with Gasteiger partial charge < -0.3 is 15.4 Å². The van der Waals surface area contributed by atoms with E-state index in [4.69, 9.17) is 5.11 Å². The molecule has 11 nitrogen and oxygen atoms in total. The Bertz CT molecular complexity index is 985. The topological polar surface area (TPSA) is 167 Å². The van der Waals surface area contributed by atoms with Crippen LogP contribution in [0.2, 0.25) is 0 Å². The van der Waals surface area contributed by atoms with Crippen molar-refractivity contribution in [3.05, 3.63) is 36.9 Å². The third-order valence-electron chi connectivity index (χ3n) is 3.38. The maximum atomic E-state index is 12.0. The highest BCUT2D eigenvalue weighted by Crippen LogP contribution is 2.00. The van der Waals surface area contributed by atoms with Gasteiger partial charge in [-0.1, -0.05) is 0 Å². The van der Waals surface area contributed by atoms with Gasteiger partial charge in [0, 0.05) is 19.9 Å². The fourth-order valence-electron chi connectivity index (χ4n) is 2.00. The van der Waals surface area contributed by atoms with Crippen molar-refractivity contribution >= 4 is 23.0 Å². The predicted molar refractivity (Wildman–Crippen MR) is 81.8 cm³/mol. The van der Waals surface area contributed by atoms with Crippen LogP contribution in [0.15, 0.2) is 14.4 Å². The molecule has 4 N–H and O–H groups in total. The van der Waals surface area contributed by atoms with Crippen molar-refractivity contribution in [2.75, 3.05) is 0 Å². The molecule has 0 radical (unpaired) electrons. The summed E-state index contributed by atoms with van der Waals surface area (Å²) in [5.41, 5.74) is -2.31. The summed E-state index contributed by atoms with van der Waals surface area (Å²) in [6.07, 6.45) is -0.269. The summed E-state index contributed by atoms with van der Waals surface area (Å²) in [6, 6.07) is -1.06. The molecule has 1 atom stereocenters. The van der Waals surface area contributed by atoms with Crippen LogP contribution in [-0.4, -0.2) is 42.5 Å². The third kappa shape index (κ3) is 3.39. The van der Waals surface area contributed by atoms with E-state index in [0.717, 1.165) is 4.57 Å². The lowest BCUT2D eigenvalue weighted by Gasteiger charge is -2.09. The lowest BCUT2D eigenvalue weighted by molar-refractivity contribution is -0.141. The van der Waals surface area contributed by atoms with E-state index >= 15 is 0 Å². The van der Waals surface area contributed by atoms with Gasteiger partial charge in [0.05, 0.1) is 0 Å². The minimum atomic E-state index is -1.18. The Kier molecular flexibility index (Phi) is 4.62. The van der Waals surface area contributed by atoms with E-state index in [1.807, 2.05) is 0 Å². The zero-order valence-electron chi connectivity index (χ0n) is 12.9. The summed E-state index contributed by atoms with van der Waals surface area (Å²) < 4.78 is 1.04. The first-order valence-electron chi connectivity index (χ1n) is 6.95. The Morgan fingerprint density at radius 1 is 1.25 bits per heavy atom. The van der Waals surface area contributed by atoms with Crippen LogP contribution < -0.4 is 22.1 Å². The second-order valence-electron chi connectivity index (χ2n) is 5.16. The number of nitrogens with one attached hydrogen (secondary N) is 3. The minimum absolute atomic E-state index is 0.0264. The van der Waals surface area contributed by atoms with E-state index in [9.17, 15) is 24.0 Å². The van der Waals surface area contributed by atoms with Gasteiger partial charge >= 0.3 is 11.7 Å². The van der Waals surface area contributed by atoms with Gasteiger partial charge in [0.1, 0.15) is 17.4 Å². The average molecular weight is 337 g/mol. The van der Waals surface area contributed by atoms with Gasteiger partial charge in [-0.15, -0.1) is 0 Å². The second-order valence-corrected chi connectivity index (χ2v) is 5.16. The number of H-pyrrole nitrogens is 2. The Labute approximate surface area is 133 Å². The highest BCUT2D eigenvalue weighted by molar-refractivity contribution is 5.83. The SMILES string of the molecule is CC(NC(=O)CCc1nc2c(=O)[nH]c(=O)n(C)c2[nH]c1=O)C(=O)O. The molecule has 1 amide bonds. The molecule has 2 aromatic heterocycles. The van der Waals surface area contributed by atoms with Crippen LogP contribution in [-0.2, 0) is 23.1 Å². The maximum Gasteiger partial charge on any atom is 0.329 e. The van der Waals surface area contributed by atoms with Gasteiger partial charge in [0.15, 0.2) is 5.52 Å². The van der Waals surface area contributed by atoms with Gasteiger partial charge in [-0.05, 0) is 6.92 Å². The molecule has 11 heteroatoms.